The molecule has 0 aliphatic carbocycles. The van der Waals surface area contributed by atoms with E-state index in [4.69, 9.17) is 0 Å². The maximum absolute atomic E-state index is 13.1. The third-order valence-electron chi connectivity index (χ3n) is 3.87. The number of aliphatic hydroxyl groups is 1. The highest BCUT2D eigenvalue weighted by atomic mass is 16.3. The van der Waals surface area contributed by atoms with E-state index in [1.54, 1.807) is 48.5 Å². The number of rotatable bonds is 6. The molecule has 2 rings (SSSR count). The SMILES string of the molecule is CC(C)NC(=O)CN(C)C(=O)C(O)(c1ccccc1)c1ccccc1. The average Bonchev–Trinajstić information content (AvgIpc) is 2.61. The zero-order valence-electron chi connectivity index (χ0n) is 14.8. The molecule has 132 valence electrons. The Hall–Kier alpha value is -2.66. The van der Waals surface area contributed by atoms with Crippen molar-refractivity contribution in [2.75, 3.05) is 13.6 Å². The zero-order chi connectivity index (χ0) is 18.4. The number of carbonyl (C=O) groups excluding carboxylic acids is 2. The van der Waals surface area contributed by atoms with Crippen LogP contribution in [0, 0.1) is 0 Å². The lowest BCUT2D eigenvalue weighted by Gasteiger charge is -2.32. The second kappa shape index (κ2) is 7.94. The predicted octanol–water partition coefficient (Wildman–Crippen LogP) is 1.91. The lowest BCUT2D eigenvalue weighted by Crippen LogP contribution is -2.49. The summed E-state index contributed by atoms with van der Waals surface area (Å²) in [5.41, 5.74) is -0.931. The number of nitrogens with zero attached hydrogens (tertiary/aromatic N) is 1. The molecule has 0 aliphatic heterocycles. The Balaban J connectivity index is 2.36. The molecule has 5 nitrogen and oxygen atoms in total. The molecular weight excluding hydrogens is 316 g/mol. The van der Waals surface area contributed by atoms with Gasteiger partial charge in [0.1, 0.15) is 0 Å². The molecule has 0 aromatic heterocycles. The van der Waals surface area contributed by atoms with Crippen molar-refractivity contribution in [3.8, 4) is 0 Å². The summed E-state index contributed by atoms with van der Waals surface area (Å²) in [5, 5.41) is 14.1. The van der Waals surface area contributed by atoms with Gasteiger partial charge in [0.05, 0.1) is 6.54 Å². The third-order valence-corrected chi connectivity index (χ3v) is 3.87. The highest BCUT2D eigenvalue weighted by molar-refractivity contribution is 5.92. The smallest absolute Gasteiger partial charge is 0.264 e. The first-order chi connectivity index (χ1) is 11.9. The summed E-state index contributed by atoms with van der Waals surface area (Å²) in [4.78, 5) is 26.3. The van der Waals surface area contributed by atoms with Crippen molar-refractivity contribution in [3.05, 3.63) is 71.8 Å². The summed E-state index contributed by atoms with van der Waals surface area (Å²) in [6, 6.07) is 17.5. The van der Waals surface area contributed by atoms with E-state index in [0.717, 1.165) is 0 Å². The van der Waals surface area contributed by atoms with Gasteiger partial charge in [-0.25, -0.2) is 0 Å². The maximum Gasteiger partial charge on any atom is 0.264 e. The van der Waals surface area contributed by atoms with Gasteiger partial charge in [0.25, 0.3) is 5.91 Å². The summed E-state index contributed by atoms with van der Waals surface area (Å²) in [5.74, 6) is -0.821. The molecule has 2 N–H and O–H groups in total. The van der Waals surface area contributed by atoms with E-state index in [1.807, 2.05) is 26.0 Å². The Kier molecular flexibility index (Phi) is 5.93. The largest absolute Gasteiger partial charge is 0.372 e. The molecule has 2 aromatic rings. The number of hydrogen-bond donors (Lipinski definition) is 2. The van der Waals surface area contributed by atoms with Crippen molar-refractivity contribution in [2.45, 2.75) is 25.5 Å². The van der Waals surface area contributed by atoms with Crippen LogP contribution in [0.4, 0.5) is 0 Å². The number of nitrogens with one attached hydrogen (secondary N) is 1. The maximum atomic E-state index is 13.1. The van der Waals surface area contributed by atoms with Gasteiger partial charge in [0.2, 0.25) is 5.91 Å². The molecule has 5 heteroatoms. The fourth-order valence-corrected chi connectivity index (χ4v) is 2.70. The molecule has 0 atom stereocenters. The average molecular weight is 340 g/mol. The minimum Gasteiger partial charge on any atom is -0.372 e. The molecule has 0 aliphatic rings. The first-order valence-corrected chi connectivity index (χ1v) is 8.24. The van der Waals surface area contributed by atoms with Crippen LogP contribution in [0.15, 0.2) is 60.7 Å². The Morgan fingerprint density at radius 3 is 1.84 bits per heavy atom. The van der Waals surface area contributed by atoms with Gasteiger partial charge in [-0.3, -0.25) is 9.59 Å². The van der Waals surface area contributed by atoms with E-state index in [1.165, 1.54) is 11.9 Å². The van der Waals surface area contributed by atoms with Crippen LogP contribution in [0.5, 0.6) is 0 Å². The normalized spacial score (nSPS) is 11.2. The molecular formula is C20H24N2O3. The number of amides is 2. The van der Waals surface area contributed by atoms with Crippen molar-refractivity contribution in [1.82, 2.24) is 10.2 Å². The van der Waals surface area contributed by atoms with Gasteiger partial charge in [-0.2, -0.15) is 0 Å². The quantitative estimate of drug-likeness (QED) is 0.844. The van der Waals surface area contributed by atoms with Crippen LogP contribution in [-0.4, -0.2) is 41.5 Å². The molecule has 2 aromatic carbocycles. The van der Waals surface area contributed by atoms with Gasteiger partial charge in [0, 0.05) is 13.1 Å². The highest BCUT2D eigenvalue weighted by Gasteiger charge is 2.42. The second-order valence-corrected chi connectivity index (χ2v) is 6.33. The van der Waals surface area contributed by atoms with Crippen molar-refractivity contribution in [3.63, 3.8) is 0 Å². The molecule has 0 fully saturated rings. The van der Waals surface area contributed by atoms with E-state index in [0.29, 0.717) is 11.1 Å². The van der Waals surface area contributed by atoms with Gasteiger partial charge in [-0.15, -0.1) is 0 Å². The Morgan fingerprint density at radius 2 is 1.44 bits per heavy atom. The fraction of sp³-hybridized carbons (Fsp3) is 0.300. The Morgan fingerprint density at radius 1 is 1.00 bits per heavy atom. The summed E-state index contributed by atoms with van der Waals surface area (Å²) in [6.07, 6.45) is 0. The number of hydrogen-bond acceptors (Lipinski definition) is 3. The minimum absolute atomic E-state index is 0.0156. The van der Waals surface area contributed by atoms with Crippen molar-refractivity contribution in [1.29, 1.82) is 0 Å². The number of likely N-dealkylation sites (N-methyl/N-ethyl adjacent to an activating group) is 1. The summed E-state index contributed by atoms with van der Waals surface area (Å²) in [6.45, 7) is 3.58. The molecule has 0 saturated carbocycles. The van der Waals surface area contributed by atoms with Gasteiger partial charge in [0.15, 0.2) is 5.60 Å². The Bertz CT molecular complexity index is 675. The number of carbonyl (C=O) groups is 2. The van der Waals surface area contributed by atoms with Crippen molar-refractivity contribution in [2.24, 2.45) is 0 Å². The van der Waals surface area contributed by atoms with Gasteiger partial charge >= 0.3 is 0 Å². The van der Waals surface area contributed by atoms with E-state index in [2.05, 4.69) is 5.32 Å². The lowest BCUT2D eigenvalue weighted by atomic mass is 9.85. The van der Waals surface area contributed by atoms with Crippen LogP contribution in [0.25, 0.3) is 0 Å². The molecule has 0 saturated heterocycles. The molecule has 0 heterocycles. The first-order valence-electron chi connectivity index (χ1n) is 8.24. The van der Waals surface area contributed by atoms with E-state index >= 15 is 0 Å². The van der Waals surface area contributed by atoms with Crippen LogP contribution in [0.3, 0.4) is 0 Å². The molecule has 25 heavy (non-hydrogen) atoms. The molecule has 2 amide bonds. The third kappa shape index (κ3) is 4.25. The fourth-order valence-electron chi connectivity index (χ4n) is 2.70. The molecule has 0 unspecified atom stereocenters. The minimum atomic E-state index is -1.85. The van der Waals surface area contributed by atoms with Gasteiger partial charge in [-0.05, 0) is 25.0 Å². The van der Waals surface area contributed by atoms with Gasteiger partial charge in [-0.1, -0.05) is 60.7 Å². The molecule has 0 radical (unpaired) electrons. The lowest BCUT2D eigenvalue weighted by molar-refractivity contribution is -0.148. The van der Waals surface area contributed by atoms with Crippen LogP contribution < -0.4 is 5.32 Å². The van der Waals surface area contributed by atoms with Crippen LogP contribution in [0.2, 0.25) is 0 Å². The van der Waals surface area contributed by atoms with E-state index in [9.17, 15) is 14.7 Å². The van der Waals surface area contributed by atoms with Crippen LogP contribution in [0.1, 0.15) is 25.0 Å². The summed E-state index contributed by atoms with van der Waals surface area (Å²) >= 11 is 0. The molecule has 0 bridgehead atoms. The highest BCUT2D eigenvalue weighted by Crippen LogP contribution is 2.31. The molecule has 0 spiro atoms. The first kappa shape index (κ1) is 18.7. The van der Waals surface area contributed by atoms with Crippen molar-refractivity contribution >= 4 is 11.8 Å². The monoisotopic (exact) mass is 340 g/mol. The Labute approximate surface area is 148 Å². The second-order valence-electron chi connectivity index (χ2n) is 6.33. The zero-order valence-corrected chi connectivity index (χ0v) is 14.8. The van der Waals surface area contributed by atoms with Crippen LogP contribution >= 0.6 is 0 Å². The van der Waals surface area contributed by atoms with Crippen LogP contribution in [-0.2, 0) is 15.2 Å². The standard InChI is InChI=1S/C20H24N2O3/c1-15(2)21-18(23)14-22(3)19(24)20(25,16-10-6-4-7-11-16)17-12-8-5-9-13-17/h4-13,15,25H,14H2,1-3H3,(H,21,23). The van der Waals surface area contributed by atoms with E-state index in [-0.39, 0.29) is 18.5 Å². The summed E-state index contributed by atoms with van der Waals surface area (Å²) < 4.78 is 0. The van der Waals surface area contributed by atoms with Crippen molar-refractivity contribution < 1.29 is 14.7 Å². The predicted molar refractivity (Wildman–Crippen MR) is 96.8 cm³/mol. The summed E-state index contributed by atoms with van der Waals surface area (Å²) in [7, 11) is 1.51. The topological polar surface area (TPSA) is 69.6 Å². The van der Waals surface area contributed by atoms with Gasteiger partial charge < -0.3 is 15.3 Å². The van der Waals surface area contributed by atoms with E-state index < -0.39 is 11.5 Å². The number of benzene rings is 2.